The minimum Gasteiger partial charge on any atom is -0.351 e. The van der Waals surface area contributed by atoms with Crippen LogP contribution < -0.4 is 11.1 Å². The fourth-order valence-electron chi connectivity index (χ4n) is 2.34. The van der Waals surface area contributed by atoms with Gasteiger partial charge in [-0.15, -0.1) is 0 Å². The summed E-state index contributed by atoms with van der Waals surface area (Å²) in [5.74, 6) is -0.305. The van der Waals surface area contributed by atoms with Gasteiger partial charge in [0.2, 0.25) is 5.91 Å². The molecule has 1 heterocycles. The van der Waals surface area contributed by atoms with E-state index in [1.807, 2.05) is 7.05 Å². The highest BCUT2D eigenvalue weighted by Crippen LogP contribution is 2.15. The summed E-state index contributed by atoms with van der Waals surface area (Å²) in [6.07, 6.45) is 2.59. The molecule has 6 heteroatoms. The summed E-state index contributed by atoms with van der Waals surface area (Å²) >= 11 is 0. The molecule has 104 valence electrons. The van der Waals surface area contributed by atoms with Crippen LogP contribution in [0, 0.1) is 0 Å². The Balaban J connectivity index is 2.23. The second-order valence-electron chi connectivity index (χ2n) is 4.81. The molecule has 0 aromatic carbocycles. The number of piperidine rings is 1. The van der Waals surface area contributed by atoms with Gasteiger partial charge in [-0.25, -0.2) is 4.79 Å². The van der Waals surface area contributed by atoms with Gasteiger partial charge >= 0.3 is 6.03 Å². The molecule has 0 radical (unpaired) electrons. The number of rotatable bonds is 5. The fraction of sp³-hybridized carbons (Fsp3) is 0.833. The molecule has 0 spiro atoms. The number of carbonyl (C=O) groups excluding carboxylic acids is 2. The number of hydrogen-bond donors (Lipinski definition) is 2. The molecular weight excluding hydrogens is 232 g/mol. The van der Waals surface area contributed by atoms with E-state index >= 15 is 0 Å². The number of primary amides is 1. The molecule has 0 unspecified atom stereocenters. The predicted octanol–water partition coefficient (Wildman–Crippen LogP) is -0.0125. The van der Waals surface area contributed by atoms with Crippen molar-refractivity contribution in [2.75, 3.05) is 33.2 Å². The van der Waals surface area contributed by atoms with Crippen molar-refractivity contribution in [3.05, 3.63) is 0 Å². The molecule has 0 bridgehead atoms. The van der Waals surface area contributed by atoms with Crippen LogP contribution in [0.4, 0.5) is 4.79 Å². The molecule has 1 aliphatic heterocycles. The molecule has 1 rings (SSSR count). The number of carbonyl (C=O) groups is 2. The van der Waals surface area contributed by atoms with Crippen LogP contribution in [0.5, 0.6) is 0 Å². The van der Waals surface area contributed by atoms with Crippen LogP contribution >= 0.6 is 0 Å². The zero-order valence-corrected chi connectivity index (χ0v) is 11.3. The van der Waals surface area contributed by atoms with Gasteiger partial charge in [0.25, 0.3) is 0 Å². The first-order valence-electron chi connectivity index (χ1n) is 6.54. The molecule has 1 aliphatic rings. The summed E-state index contributed by atoms with van der Waals surface area (Å²) in [5.41, 5.74) is 4.88. The van der Waals surface area contributed by atoms with E-state index in [4.69, 9.17) is 5.73 Å². The molecule has 1 fully saturated rings. The van der Waals surface area contributed by atoms with Crippen LogP contribution in [0.1, 0.15) is 26.2 Å². The zero-order chi connectivity index (χ0) is 13.5. The average Bonchev–Trinajstić information content (AvgIpc) is 2.35. The Bertz CT molecular complexity index is 288. The first-order chi connectivity index (χ1) is 8.52. The molecule has 3 amide bonds. The van der Waals surface area contributed by atoms with E-state index < -0.39 is 6.03 Å². The van der Waals surface area contributed by atoms with Crippen LogP contribution in [0.25, 0.3) is 0 Å². The average molecular weight is 256 g/mol. The molecule has 0 aromatic rings. The number of nitrogens with one attached hydrogen (secondary N) is 1. The number of urea groups is 1. The SMILES string of the molecule is CCN1CCC(N(C)CCC(=O)NC(N)=O)CC1. The molecule has 3 N–H and O–H groups in total. The van der Waals surface area contributed by atoms with Gasteiger partial charge < -0.3 is 15.5 Å². The maximum Gasteiger partial charge on any atom is 0.318 e. The van der Waals surface area contributed by atoms with Gasteiger partial charge in [-0.05, 0) is 39.5 Å². The highest BCUT2D eigenvalue weighted by atomic mass is 16.2. The van der Waals surface area contributed by atoms with Gasteiger partial charge in [-0.3, -0.25) is 10.1 Å². The van der Waals surface area contributed by atoms with Crippen LogP contribution in [-0.4, -0.2) is 61.0 Å². The lowest BCUT2D eigenvalue weighted by molar-refractivity contribution is -0.120. The maximum absolute atomic E-state index is 11.3. The lowest BCUT2D eigenvalue weighted by Crippen LogP contribution is -2.44. The molecule has 0 aliphatic carbocycles. The third-order valence-electron chi connectivity index (χ3n) is 3.58. The minimum atomic E-state index is -0.779. The van der Waals surface area contributed by atoms with Gasteiger partial charge in [0.15, 0.2) is 0 Å². The van der Waals surface area contributed by atoms with E-state index in [9.17, 15) is 9.59 Å². The standard InChI is InChI=1S/C12H24N4O2/c1-3-16-8-4-10(5-9-16)15(2)7-6-11(17)14-12(13)18/h10H,3-9H2,1-2H3,(H3,13,14,17,18). The molecule has 0 saturated carbocycles. The van der Waals surface area contributed by atoms with Gasteiger partial charge in [0, 0.05) is 19.0 Å². The van der Waals surface area contributed by atoms with Crippen molar-refractivity contribution >= 4 is 11.9 Å². The summed E-state index contributed by atoms with van der Waals surface area (Å²) in [7, 11) is 2.03. The normalized spacial score (nSPS) is 17.9. The Morgan fingerprint density at radius 2 is 2.00 bits per heavy atom. The van der Waals surface area contributed by atoms with Crippen molar-refractivity contribution in [2.45, 2.75) is 32.2 Å². The molecule has 18 heavy (non-hydrogen) atoms. The second-order valence-corrected chi connectivity index (χ2v) is 4.81. The first kappa shape index (κ1) is 14.9. The Morgan fingerprint density at radius 3 is 2.50 bits per heavy atom. The highest BCUT2D eigenvalue weighted by molar-refractivity contribution is 5.93. The van der Waals surface area contributed by atoms with Crippen LogP contribution in [-0.2, 0) is 4.79 Å². The lowest BCUT2D eigenvalue weighted by atomic mass is 10.0. The Labute approximate surface area is 108 Å². The van der Waals surface area contributed by atoms with Crippen molar-refractivity contribution in [3.8, 4) is 0 Å². The van der Waals surface area contributed by atoms with Gasteiger partial charge in [0.1, 0.15) is 0 Å². The summed E-state index contributed by atoms with van der Waals surface area (Å²) < 4.78 is 0. The molecule has 0 aromatic heterocycles. The zero-order valence-electron chi connectivity index (χ0n) is 11.3. The van der Waals surface area contributed by atoms with Crippen LogP contribution in [0.15, 0.2) is 0 Å². The minimum absolute atomic E-state index is 0.305. The number of hydrogen-bond acceptors (Lipinski definition) is 4. The van der Waals surface area contributed by atoms with Crippen molar-refractivity contribution in [3.63, 3.8) is 0 Å². The third-order valence-corrected chi connectivity index (χ3v) is 3.58. The Hall–Kier alpha value is -1.14. The number of amides is 3. The predicted molar refractivity (Wildman–Crippen MR) is 70.1 cm³/mol. The van der Waals surface area contributed by atoms with Gasteiger partial charge in [0.05, 0.1) is 0 Å². The smallest absolute Gasteiger partial charge is 0.318 e. The second kappa shape index (κ2) is 7.33. The molecule has 1 saturated heterocycles. The summed E-state index contributed by atoms with van der Waals surface area (Å²) in [6, 6.07) is -0.243. The molecule has 6 nitrogen and oxygen atoms in total. The van der Waals surface area contributed by atoms with E-state index in [1.54, 1.807) is 0 Å². The summed E-state index contributed by atoms with van der Waals surface area (Å²) in [4.78, 5) is 26.4. The van der Waals surface area contributed by atoms with Crippen molar-refractivity contribution in [1.29, 1.82) is 0 Å². The maximum atomic E-state index is 11.3. The van der Waals surface area contributed by atoms with Crippen molar-refractivity contribution < 1.29 is 9.59 Å². The quantitative estimate of drug-likeness (QED) is 0.725. The van der Waals surface area contributed by atoms with Crippen LogP contribution in [0.3, 0.4) is 0 Å². The number of nitrogens with zero attached hydrogens (tertiary/aromatic N) is 2. The van der Waals surface area contributed by atoms with Crippen LogP contribution in [0.2, 0.25) is 0 Å². The largest absolute Gasteiger partial charge is 0.351 e. The topological polar surface area (TPSA) is 78.7 Å². The van der Waals surface area contributed by atoms with E-state index in [1.165, 1.54) is 0 Å². The monoisotopic (exact) mass is 256 g/mol. The highest BCUT2D eigenvalue weighted by Gasteiger charge is 2.21. The Morgan fingerprint density at radius 1 is 1.39 bits per heavy atom. The molecule has 0 atom stereocenters. The fourth-order valence-corrected chi connectivity index (χ4v) is 2.34. The van der Waals surface area contributed by atoms with E-state index in [0.29, 0.717) is 19.0 Å². The number of likely N-dealkylation sites (tertiary alicyclic amines) is 1. The van der Waals surface area contributed by atoms with Gasteiger partial charge in [-0.1, -0.05) is 6.92 Å². The Kier molecular flexibility index (Phi) is 6.07. The van der Waals surface area contributed by atoms with E-state index in [-0.39, 0.29) is 5.91 Å². The number of nitrogens with two attached hydrogens (primary N) is 1. The summed E-state index contributed by atoms with van der Waals surface area (Å²) in [6.45, 7) is 6.20. The van der Waals surface area contributed by atoms with Gasteiger partial charge in [-0.2, -0.15) is 0 Å². The molecular formula is C12H24N4O2. The van der Waals surface area contributed by atoms with E-state index in [2.05, 4.69) is 22.0 Å². The van der Waals surface area contributed by atoms with Crippen molar-refractivity contribution in [2.24, 2.45) is 5.73 Å². The summed E-state index contributed by atoms with van der Waals surface area (Å²) in [5, 5.41) is 2.08. The third kappa shape index (κ3) is 5.01. The first-order valence-corrected chi connectivity index (χ1v) is 6.54. The van der Waals surface area contributed by atoms with E-state index in [0.717, 1.165) is 32.5 Å². The van der Waals surface area contributed by atoms with Crippen molar-refractivity contribution in [1.82, 2.24) is 15.1 Å². The number of imide groups is 1. The lowest BCUT2D eigenvalue weighted by Gasteiger charge is -2.36.